The molecule has 2 N–H and O–H groups in total. The van der Waals surface area contributed by atoms with Gasteiger partial charge in [0, 0.05) is 37.5 Å². The first-order chi connectivity index (χ1) is 8.54. The maximum absolute atomic E-state index is 13.1. The highest BCUT2D eigenvalue weighted by molar-refractivity contribution is 5.18. The smallest absolute Gasteiger partial charge is 0.126 e. The molecule has 3 nitrogen and oxygen atoms in total. The van der Waals surface area contributed by atoms with Gasteiger partial charge in [0.2, 0.25) is 0 Å². The van der Waals surface area contributed by atoms with Crippen molar-refractivity contribution in [3.63, 3.8) is 0 Å². The van der Waals surface area contributed by atoms with Gasteiger partial charge in [0.05, 0.1) is 0 Å². The fraction of sp³-hybridized carbons (Fsp3) is 0.308. The monoisotopic (exact) mass is 251 g/mol. The Kier molecular flexibility index (Phi) is 3.72. The number of nitrogens with zero attached hydrogens (tertiary/aromatic N) is 2. The molecule has 0 aliphatic heterocycles. The third-order valence-corrected chi connectivity index (χ3v) is 2.58. The Bertz CT molecular complexity index is 515. The van der Waals surface area contributed by atoms with Crippen LogP contribution in [-0.4, -0.2) is 15.6 Å². The number of nitrogens with two attached hydrogens (primary N) is 1. The Hall–Kier alpha value is -1.75. The molecule has 0 aliphatic rings. The highest BCUT2D eigenvalue weighted by atomic mass is 19.1. The normalized spacial score (nSPS) is 12.7. The van der Waals surface area contributed by atoms with Crippen molar-refractivity contribution >= 4 is 0 Å². The first kappa shape index (κ1) is 12.7. The maximum Gasteiger partial charge on any atom is 0.126 e. The van der Waals surface area contributed by atoms with Crippen molar-refractivity contribution in [3.05, 3.63) is 53.6 Å². The van der Waals surface area contributed by atoms with Gasteiger partial charge in [-0.2, -0.15) is 0 Å². The highest BCUT2D eigenvalue weighted by Crippen LogP contribution is 2.11. The van der Waals surface area contributed by atoms with Gasteiger partial charge in [0.1, 0.15) is 17.5 Å². The lowest BCUT2D eigenvalue weighted by Gasteiger charge is -2.10. The molecule has 0 bridgehead atoms. The van der Waals surface area contributed by atoms with Crippen molar-refractivity contribution in [1.29, 1.82) is 0 Å². The number of benzene rings is 1. The summed E-state index contributed by atoms with van der Waals surface area (Å²) in [5, 5.41) is 0. The first-order valence-electron chi connectivity index (χ1n) is 5.75. The molecule has 18 heavy (non-hydrogen) atoms. The third kappa shape index (κ3) is 3.13. The second-order valence-corrected chi connectivity index (χ2v) is 4.43. The van der Waals surface area contributed by atoms with Gasteiger partial charge in [-0.25, -0.2) is 13.8 Å². The summed E-state index contributed by atoms with van der Waals surface area (Å²) in [4.78, 5) is 4.19. The molecule has 96 valence electrons. The molecule has 0 fully saturated rings. The van der Waals surface area contributed by atoms with E-state index in [4.69, 9.17) is 5.73 Å². The van der Waals surface area contributed by atoms with Crippen LogP contribution in [0.25, 0.3) is 0 Å². The number of rotatable bonds is 4. The molecule has 0 aliphatic carbocycles. The molecule has 5 heteroatoms. The van der Waals surface area contributed by atoms with Crippen LogP contribution in [0.1, 0.15) is 18.3 Å². The zero-order valence-corrected chi connectivity index (χ0v) is 10.1. The molecule has 2 aromatic rings. The molecule has 0 amide bonds. The minimum Gasteiger partial charge on any atom is -0.330 e. The second kappa shape index (κ2) is 5.27. The van der Waals surface area contributed by atoms with Crippen LogP contribution in [0, 0.1) is 11.6 Å². The average molecular weight is 251 g/mol. The topological polar surface area (TPSA) is 43.8 Å². The summed E-state index contributed by atoms with van der Waals surface area (Å²) in [6.45, 7) is 2.28. The van der Waals surface area contributed by atoms with E-state index in [-0.39, 0.29) is 6.04 Å². The second-order valence-electron chi connectivity index (χ2n) is 4.43. The molecular formula is C13H15F2N3. The van der Waals surface area contributed by atoms with Gasteiger partial charge in [-0.3, -0.25) is 0 Å². The summed E-state index contributed by atoms with van der Waals surface area (Å²) < 4.78 is 28.0. The van der Waals surface area contributed by atoms with Crippen LogP contribution in [0.3, 0.4) is 0 Å². The standard InChI is InChI=1S/C13H15F2N3/c1-9(16)4-13-17-2-3-18(13)8-10-5-11(14)7-12(15)6-10/h2-3,5-7,9H,4,8,16H2,1H3. The summed E-state index contributed by atoms with van der Waals surface area (Å²) in [6.07, 6.45) is 4.07. The Morgan fingerprint density at radius 2 is 1.94 bits per heavy atom. The molecule has 0 saturated carbocycles. The van der Waals surface area contributed by atoms with Crippen LogP contribution in [0.15, 0.2) is 30.6 Å². The van der Waals surface area contributed by atoms with Crippen molar-refractivity contribution in [1.82, 2.24) is 9.55 Å². The van der Waals surface area contributed by atoms with E-state index in [1.54, 1.807) is 12.4 Å². The number of hydrogen-bond donors (Lipinski definition) is 1. The van der Waals surface area contributed by atoms with Gasteiger partial charge in [0.25, 0.3) is 0 Å². The van der Waals surface area contributed by atoms with Crippen molar-refractivity contribution in [2.24, 2.45) is 5.73 Å². The van der Waals surface area contributed by atoms with E-state index in [0.717, 1.165) is 11.9 Å². The van der Waals surface area contributed by atoms with Crippen LogP contribution in [0.5, 0.6) is 0 Å². The molecule has 1 aromatic carbocycles. The molecule has 1 atom stereocenters. The van der Waals surface area contributed by atoms with Crippen LogP contribution >= 0.6 is 0 Å². The van der Waals surface area contributed by atoms with E-state index in [2.05, 4.69) is 4.98 Å². The SMILES string of the molecule is CC(N)Cc1nccn1Cc1cc(F)cc(F)c1. The van der Waals surface area contributed by atoms with E-state index in [9.17, 15) is 8.78 Å². The van der Waals surface area contributed by atoms with Crippen molar-refractivity contribution in [2.45, 2.75) is 25.9 Å². The molecule has 1 unspecified atom stereocenters. The number of halogens is 2. The molecule has 1 heterocycles. The number of hydrogen-bond acceptors (Lipinski definition) is 2. The lowest BCUT2D eigenvalue weighted by Crippen LogP contribution is -2.20. The van der Waals surface area contributed by atoms with Crippen LogP contribution in [0.2, 0.25) is 0 Å². The van der Waals surface area contributed by atoms with E-state index >= 15 is 0 Å². The molecule has 0 saturated heterocycles. The maximum atomic E-state index is 13.1. The van der Waals surface area contributed by atoms with Gasteiger partial charge in [0.15, 0.2) is 0 Å². The van der Waals surface area contributed by atoms with Gasteiger partial charge in [-0.05, 0) is 24.6 Å². The Balaban J connectivity index is 2.20. The minimum atomic E-state index is -0.571. The van der Waals surface area contributed by atoms with Crippen LogP contribution in [0.4, 0.5) is 8.78 Å². The fourth-order valence-corrected chi connectivity index (χ4v) is 1.86. The Morgan fingerprint density at radius 1 is 1.28 bits per heavy atom. The molecular weight excluding hydrogens is 236 g/mol. The Labute approximate surface area is 104 Å². The van der Waals surface area contributed by atoms with E-state index in [0.29, 0.717) is 18.5 Å². The quantitative estimate of drug-likeness (QED) is 0.904. The molecule has 2 rings (SSSR count). The van der Waals surface area contributed by atoms with E-state index < -0.39 is 11.6 Å². The first-order valence-corrected chi connectivity index (χ1v) is 5.75. The van der Waals surface area contributed by atoms with Gasteiger partial charge < -0.3 is 10.3 Å². The van der Waals surface area contributed by atoms with Crippen LogP contribution < -0.4 is 5.73 Å². The van der Waals surface area contributed by atoms with E-state index in [1.165, 1.54) is 12.1 Å². The predicted octanol–water partition coefficient (Wildman–Crippen LogP) is 2.10. The van der Waals surface area contributed by atoms with Crippen molar-refractivity contribution in [2.75, 3.05) is 0 Å². The fourth-order valence-electron chi connectivity index (χ4n) is 1.86. The van der Waals surface area contributed by atoms with Crippen molar-refractivity contribution in [3.8, 4) is 0 Å². The van der Waals surface area contributed by atoms with Crippen molar-refractivity contribution < 1.29 is 8.78 Å². The summed E-state index contributed by atoms with van der Waals surface area (Å²) in [6, 6.07) is 3.49. The summed E-state index contributed by atoms with van der Waals surface area (Å²) >= 11 is 0. The number of aromatic nitrogens is 2. The lowest BCUT2D eigenvalue weighted by atomic mass is 10.2. The zero-order chi connectivity index (χ0) is 13.1. The third-order valence-electron chi connectivity index (χ3n) is 2.58. The largest absolute Gasteiger partial charge is 0.330 e. The number of imidazole rings is 1. The van der Waals surface area contributed by atoms with Crippen LogP contribution in [-0.2, 0) is 13.0 Å². The van der Waals surface area contributed by atoms with Gasteiger partial charge in [-0.15, -0.1) is 0 Å². The minimum absolute atomic E-state index is 0.00426. The lowest BCUT2D eigenvalue weighted by molar-refractivity contribution is 0.575. The molecule has 1 aromatic heterocycles. The Morgan fingerprint density at radius 3 is 2.56 bits per heavy atom. The highest BCUT2D eigenvalue weighted by Gasteiger charge is 2.07. The van der Waals surface area contributed by atoms with E-state index in [1.807, 2.05) is 11.5 Å². The van der Waals surface area contributed by atoms with Gasteiger partial charge >= 0.3 is 0 Å². The summed E-state index contributed by atoms with van der Waals surface area (Å²) in [5.74, 6) is -0.326. The molecule has 0 radical (unpaired) electrons. The predicted molar refractivity (Wildman–Crippen MR) is 65.0 cm³/mol. The molecule has 0 spiro atoms. The summed E-state index contributed by atoms with van der Waals surface area (Å²) in [7, 11) is 0. The van der Waals surface area contributed by atoms with Gasteiger partial charge in [-0.1, -0.05) is 0 Å². The summed E-state index contributed by atoms with van der Waals surface area (Å²) in [5.41, 5.74) is 6.29. The average Bonchev–Trinajstić information content (AvgIpc) is 2.63. The zero-order valence-electron chi connectivity index (χ0n) is 10.1.